The van der Waals surface area contributed by atoms with Gasteiger partial charge in [-0.2, -0.15) is 4.31 Å². The van der Waals surface area contributed by atoms with E-state index in [0.717, 1.165) is 73.9 Å². The SMILES string of the molecule is CCCCC/C=C\C/C=C\C/C=C\C/C=C\C/C=C\CCCCC(=O)SCCNC(=O)CCNC(=O)C(O)C(C)(C)COP(=O)(O)OP(=O)(O)OC[C@H]1O[C@@H](n2cnc3c(N)ncnc32)[C@H](O)[C@@H]1OP(=O)(O)O. The summed E-state index contributed by atoms with van der Waals surface area (Å²) < 4.78 is 62.5. The Bertz CT molecular complexity index is 2340. The maximum atomic E-state index is 12.8. The lowest BCUT2D eigenvalue weighted by Crippen LogP contribution is -2.46. The summed E-state index contributed by atoms with van der Waals surface area (Å²) >= 11 is 1.12. The van der Waals surface area contributed by atoms with Crippen molar-refractivity contribution in [2.75, 3.05) is 37.8 Å². The monoisotopic (exact) mass is 1110 g/mol. The zero-order valence-corrected chi connectivity index (χ0v) is 44.8. The van der Waals surface area contributed by atoms with Gasteiger partial charge in [0.2, 0.25) is 11.8 Å². The van der Waals surface area contributed by atoms with E-state index in [-0.39, 0.29) is 41.6 Å². The van der Waals surface area contributed by atoms with Gasteiger partial charge in [-0.05, 0) is 57.8 Å². The lowest BCUT2D eigenvalue weighted by atomic mass is 9.87. The number of hydrogen-bond acceptors (Lipinski definition) is 18. The number of anilines is 1. The molecule has 2 aromatic rings. The minimum atomic E-state index is -5.58. The van der Waals surface area contributed by atoms with E-state index in [9.17, 15) is 57.9 Å². The van der Waals surface area contributed by atoms with Crippen molar-refractivity contribution in [3.63, 3.8) is 0 Å². The molecule has 10 N–H and O–H groups in total. The Kier molecular flexibility index (Phi) is 28.4. The highest BCUT2D eigenvalue weighted by molar-refractivity contribution is 8.13. The first-order valence-electron chi connectivity index (χ1n) is 23.9. The van der Waals surface area contributed by atoms with Crippen LogP contribution in [0.4, 0.5) is 5.82 Å². The molecule has 1 aliphatic rings. The predicted octanol–water partition coefficient (Wildman–Crippen LogP) is 6.15. The third-order valence-electron chi connectivity index (χ3n) is 10.7. The maximum absolute atomic E-state index is 12.8. The highest BCUT2D eigenvalue weighted by Crippen LogP contribution is 2.61. The number of aliphatic hydroxyl groups excluding tert-OH is 2. The van der Waals surface area contributed by atoms with Crippen LogP contribution in [0.1, 0.15) is 110 Å². The molecule has 0 spiro atoms. The second kappa shape index (κ2) is 32.6. The van der Waals surface area contributed by atoms with Crippen LogP contribution < -0.4 is 16.4 Å². The number of phosphoric acid groups is 3. The summed E-state index contributed by atoms with van der Waals surface area (Å²) in [5.74, 6) is -1.08. The number of ether oxygens (including phenoxy) is 1. The number of phosphoric ester groups is 3. The van der Waals surface area contributed by atoms with Gasteiger partial charge in [-0.25, -0.2) is 28.6 Å². The number of aromatic nitrogens is 4. The summed E-state index contributed by atoms with van der Waals surface area (Å²) in [6, 6.07) is 0. The second-order valence-electron chi connectivity index (χ2n) is 17.3. The van der Waals surface area contributed by atoms with Crippen LogP contribution in [-0.2, 0) is 50.7 Å². The number of nitrogens with two attached hydrogens (primary N) is 1. The van der Waals surface area contributed by atoms with Gasteiger partial charge in [0.15, 0.2) is 22.8 Å². The van der Waals surface area contributed by atoms with Crippen molar-refractivity contribution < 1.29 is 80.5 Å². The third kappa shape index (κ3) is 25.1. The van der Waals surface area contributed by atoms with Gasteiger partial charge in [-0.1, -0.05) is 106 Å². The maximum Gasteiger partial charge on any atom is 0.481 e. The normalized spacial score (nSPS) is 20.0. The summed E-state index contributed by atoms with van der Waals surface area (Å²) in [6.07, 6.45) is 26.4. The number of carbonyl (C=O) groups excluding carboxylic acids is 3. The molecule has 3 rings (SSSR count). The van der Waals surface area contributed by atoms with Gasteiger partial charge < -0.3 is 50.9 Å². The molecular weight excluding hydrogens is 1040 g/mol. The topological polar surface area (TPSA) is 364 Å². The van der Waals surface area contributed by atoms with Crippen molar-refractivity contribution in [1.82, 2.24) is 30.2 Å². The molecule has 0 aromatic carbocycles. The predicted molar refractivity (Wildman–Crippen MR) is 274 cm³/mol. The zero-order chi connectivity index (χ0) is 53.9. The van der Waals surface area contributed by atoms with Crippen molar-refractivity contribution in [2.24, 2.45) is 5.41 Å². The average molecular weight is 1110 g/mol. The molecule has 3 heterocycles. The quantitative estimate of drug-likeness (QED) is 0.0210. The number of nitrogen functional groups attached to an aromatic ring is 1. The van der Waals surface area contributed by atoms with Gasteiger partial charge in [0.05, 0.1) is 19.5 Å². The van der Waals surface area contributed by atoms with Gasteiger partial charge >= 0.3 is 23.5 Å². The molecule has 410 valence electrons. The fourth-order valence-corrected chi connectivity index (χ4v) is 10.3. The first kappa shape index (κ1) is 63.6. The average Bonchev–Trinajstić information content (AvgIpc) is 3.88. The minimum Gasteiger partial charge on any atom is -0.386 e. The molecule has 1 fully saturated rings. The largest absolute Gasteiger partial charge is 0.481 e. The molecular formula is C45H72N7O17P3S. The summed E-state index contributed by atoms with van der Waals surface area (Å²) in [5.41, 5.74) is 4.28. The fourth-order valence-electron chi connectivity index (χ4n) is 6.73. The molecule has 0 aliphatic carbocycles. The van der Waals surface area contributed by atoms with Gasteiger partial charge in [0, 0.05) is 37.1 Å². The van der Waals surface area contributed by atoms with Gasteiger partial charge in [0.25, 0.3) is 0 Å². The third-order valence-corrected chi connectivity index (χ3v) is 14.7. The summed E-state index contributed by atoms with van der Waals surface area (Å²) in [4.78, 5) is 88.5. The van der Waals surface area contributed by atoms with Gasteiger partial charge in [-0.3, -0.25) is 32.5 Å². The molecule has 73 heavy (non-hydrogen) atoms. The van der Waals surface area contributed by atoms with E-state index < -0.39 is 84.6 Å². The highest BCUT2D eigenvalue weighted by atomic mass is 32.2. The van der Waals surface area contributed by atoms with Crippen molar-refractivity contribution in [3.05, 3.63) is 73.4 Å². The number of fused-ring (bicyclic) bond motifs is 1. The number of aliphatic hydroxyl groups is 2. The number of unbranched alkanes of at least 4 members (excludes halogenated alkanes) is 5. The van der Waals surface area contributed by atoms with E-state index in [4.69, 9.17) is 19.5 Å². The van der Waals surface area contributed by atoms with E-state index in [0.29, 0.717) is 12.2 Å². The molecule has 7 atom stereocenters. The van der Waals surface area contributed by atoms with Crippen molar-refractivity contribution >= 4 is 69.1 Å². The molecule has 28 heteroatoms. The van der Waals surface area contributed by atoms with Crippen LogP contribution in [0.2, 0.25) is 0 Å². The molecule has 1 saturated heterocycles. The first-order valence-corrected chi connectivity index (χ1v) is 29.4. The highest BCUT2D eigenvalue weighted by Gasteiger charge is 2.50. The van der Waals surface area contributed by atoms with E-state index in [2.05, 4.69) is 102 Å². The Morgan fingerprint density at radius 2 is 1.42 bits per heavy atom. The molecule has 2 aromatic heterocycles. The Balaban J connectivity index is 1.26. The molecule has 0 radical (unpaired) electrons. The number of hydrogen-bond donors (Lipinski definition) is 9. The second-order valence-corrected chi connectivity index (χ2v) is 22.7. The summed E-state index contributed by atoms with van der Waals surface area (Å²) in [5, 5.41) is 26.6. The van der Waals surface area contributed by atoms with E-state index >= 15 is 0 Å². The molecule has 2 amide bonds. The van der Waals surface area contributed by atoms with E-state index in [1.807, 2.05) is 0 Å². The fraction of sp³-hybridized carbons (Fsp3) is 0.600. The Labute approximate surface area is 429 Å². The van der Waals surface area contributed by atoms with Crippen molar-refractivity contribution in [1.29, 1.82) is 0 Å². The number of thioether (sulfide) groups is 1. The number of rotatable bonds is 36. The van der Waals surface area contributed by atoms with Crippen molar-refractivity contribution in [2.45, 2.75) is 135 Å². The molecule has 24 nitrogen and oxygen atoms in total. The van der Waals surface area contributed by atoms with Crippen LogP contribution in [0.5, 0.6) is 0 Å². The van der Waals surface area contributed by atoms with Crippen LogP contribution in [0.3, 0.4) is 0 Å². The molecule has 0 bridgehead atoms. The summed E-state index contributed by atoms with van der Waals surface area (Å²) in [7, 11) is -16.4. The smallest absolute Gasteiger partial charge is 0.386 e. The Morgan fingerprint density at radius 3 is 2.03 bits per heavy atom. The Morgan fingerprint density at radius 1 is 0.836 bits per heavy atom. The number of imidazole rings is 1. The van der Waals surface area contributed by atoms with Crippen LogP contribution in [0.25, 0.3) is 11.2 Å². The lowest BCUT2D eigenvalue weighted by Gasteiger charge is -2.30. The van der Waals surface area contributed by atoms with Gasteiger partial charge in [-0.15, -0.1) is 0 Å². The Hall–Kier alpha value is -3.74. The van der Waals surface area contributed by atoms with Crippen LogP contribution in [0, 0.1) is 5.41 Å². The molecule has 1 aliphatic heterocycles. The number of amides is 2. The van der Waals surface area contributed by atoms with Crippen LogP contribution >= 0.6 is 35.2 Å². The van der Waals surface area contributed by atoms with Crippen LogP contribution in [-0.4, -0.2) is 123 Å². The van der Waals surface area contributed by atoms with E-state index in [1.165, 1.54) is 39.5 Å². The standard InChI is InChI=1S/C45H72N7O17P3S/c1-4-5-6-7-8-9-10-11-12-13-14-15-16-17-18-19-20-21-22-23-24-25-36(54)73-29-28-47-35(53)26-27-48-43(57)40(56)45(2,3)31-66-72(63,64)69-71(61,62)65-30-34-39(68-70(58,59)60)38(55)44(67-34)52-33-51-37-41(46)49-32-50-42(37)52/h8-9,11-12,14-15,17-18,20-21,32-34,38-40,44,55-56H,4-7,10,13,16,19,22-31H2,1-3H3,(H,47,53)(H,48,57)(H,61,62)(H,63,64)(H2,46,49,50)(H2,58,59,60)/b9-8-,12-11-,15-14-,18-17-,21-20-/t34-,38-,39-,40?,44-/m1/s1. The first-order chi connectivity index (χ1) is 34.6. The van der Waals surface area contributed by atoms with Crippen molar-refractivity contribution in [3.8, 4) is 0 Å². The number of nitrogens with one attached hydrogen (secondary N) is 2. The molecule has 3 unspecified atom stereocenters. The summed E-state index contributed by atoms with van der Waals surface area (Å²) in [6.45, 7) is 2.73. The minimum absolute atomic E-state index is 0.0243. The number of carbonyl (C=O) groups is 3. The van der Waals surface area contributed by atoms with E-state index in [1.54, 1.807) is 0 Å². The van der Waals surface area contributed by atoms with Crippen LogP contribution in [0.15, 0.2) is 73.4 Å². The zero-order valence-electron chi connectivity index (χ0n) is 41.3. The number of allylic oxidation sites excluding steroid dienone is 10. The lowest BCUT2D eigenvalue weighted by molar-refractivity contribution is -0.137. The van der Waals surface area contributed by atoms with Gasteiger partial charge in [0.1, 0.15) is 36.3 Å². The molecule has 0 saturated carbocycles. The number of nitrogens with zero attached hydrogens (tertiary/aromatic N) is 4.